The molecule has 0 heterocycles. The van der Waals surface area contributed by atoms with Crippen LogP contribution in [-0.2, 0) is 4.74 Å². The number of hydrogen-bond donors (Lipinski definition) is 2. The van der Waals surface area contributed by atoms with Crippen LogP contribution >= 0.6 is 0 Å². The van der Waals surface area contributed by atoms with Gasteiger partial charge in [-0.3, -0.25) is 0 Å². The molecule has 3 heteroatoms. The van der Waals surface area contributed by atoms with Gasteiger partial charge in [0.1, 0.15) is 0 Å². The summed E-state index contributed by atoms with van der Waals surface area (Å²) in [7, 11) is 0. The van der Waals surface area contributed by atoms with Crippen molar-refractivity contribution in [2.45, 2.75) is 32.8 Å². The molecule has 0 aliphatic carbocycles. The van der Waals surface area contributed by atoms with E-state index >= 15 is 0 Å². The van der Waals surface area contributed by atoms with Crippen molar-refractivity contribution in [3.05, 3.63) is 12.2 Å². The van der Waals surface area contributed by atoms with Gasteiger partial charge in [0.25, 0.3) is 0 Å². The molecule has 1 atom stereocenters. The van der Waals surface area contributed by atoms with Gasteiger partial charge in [-0.15, -0.1) is 0 Å². The third-order valence-corrected chi connectivity index (χ3v) is 1.76. The summed E-state index contributed by atoms with van der Waals surface area (Å²) < 4.78 is 5.28. The normalized spacial score (nSPS) is 12.8. The van der Waals surface area contributed by atoms with Gasteiger partial charge in [0.2, 0.25) is 0 Å². The standard InChI is InChI=1S/C11H23NO2/c1-4-5-6-14-9-11(13)8-12-7-10(2)3/h11-13H,2,4-9H2,1,3H3. The van der Waals surface area contributed by atoms with E-state index in [1.807, 2.05) is 6.92 Å². The molecule has 0 amide bonds. The molecule has 0 saturated heterocycles. The van der Waals surface area contributed by atoms with Gasteiger partial charge in [0.15, 0.2) is 0 Å². The van der Waals surface area contributed by atoms with Gasteiger partial charge in [-0.2, -0.15) is 0 Å². The van der Waals surface area contributed by atoms with Crippen LogP contribution in [0.5, 0.6) is 0 Å². The maximum absolute atomic E-state index is 9.44. The zero-order chi connectivity index (χ0) is 10.8. The lowest BCUT2D eigenvalue weighted by molar-refractivity contribution is 0.0363. The molecule has 3 nitrogen and oxygen atoms in total. The first-order chi connectivity index (χ1) is 6.66. The molecule has 0 rings (SSSR count). The van der Waals surface area contributed by atoms with E-state index in [0.29, 0.717) is 13.2 Å². The Kier molecular flexibility index (Phi) is 8.94. The molecule has 0 spiro atoms. The van der Waals surface area contributed by atoms with Crippen molar-refractivity contribution in [2.75, 3.05) is 26.3 Å². The summed E-state index contributed by atoms with van der Waals surface area (Å²) in [6.45, 7) is 10.3. The third-order valence-electron chi connectivity index (χ3n) is 1.76. The Morgan fingerprint density at radius 3 is 2.86 bits per heavy atom. The lowest BCUT2D eigenvalue weighted by atomic mass is 10.3. The van der Waals surface area contributed by atoms with Gasteiger partial charge < -0.3 is 15.2 Å². The first-order valence-electron chi connectivity index (χ1n) is 5.27. The lowest BCUT2D eigenvalue weighted by Crippen LogP contribution is -2.31. The van der Waals surface area contributed by atoms with Crippen molar-refractivity contribution in [3.63, 3.8) is 0 Å². The third kappa shape index (κ3) is 9.71. The highest BCUT2D eigenvalue weighted by Gasteiger charge is 2.02. The zero-order valence-electron chi connectivity index (χ0n) is 9.38. The minimum absolute atomic E-state index is 0.411. The van der Waals surface area contributed by atoms with Gasteiger partial charge in [0.05, 0.1) is 12.7 Å². The van der Waals surface area contributed by atoms with Gasteiger partial charge >= 0.3 is 0 Å². The van der Waals surface area contributed by atoms with Gasteiger partial charge in [0, 0.05) is 19.7 Å². The largest absolute Gasteiger partial charge is 0.389 e. The number of unbranched alkanes of at least 4 members (excludes halogenated alkanes) is 1. The van der Waals surface area contributed by atoms with Crippen LogP contribution in [0.1, 0.15) is 26.7 Å². The molecule has 1 unspecified atom stereocenters. The molecule has 0 bridgehead atoms. The number of aliphatic hydroxyl groups is 1. The molecule has 0 aliphatic heterocycles. The highest BCUT2D eigenvalue weighted by Crippen LogP contribution is 1.90. The first-order valence-corrected chi connectivity index (χ1v) is 5.27. The molecular formula is C11H23NO2. The van der Waals surface area contributed by atoms with Crippen molar-refractivity contribution >= 4 is 0 Å². The van der Waals surface area contributed by atoms with E-state index in [2.05, 4.69) is 18.8 Å². The Morgan fingerprint density at radius 2 is 2.29 bits per heavy atom. The van der Waals surface area contributed by atoms with Crippen molar-refractivity contribution in [1.82, 2.24) is 5.32 Å². The van der Waals surface area contributed by atoms with Gasteiger partial charge in [-0.25, -0.2) is 0 Å². The Morgan fingerprint density at radius 1 is 1.57 bits per heavy atom. The molecule has 0 aromatic carbocycles. The van der Waals surface area contributed by atoms with Crippen LogP contribution in [0.3, 0.4) is 0 Å². The summed E-state index contributed by atoms with van der Waals surface area (Å²) in [5, 5.41) is 12.5. The second-order valence-corrected chi connectivity index (χ2v) is 3.67. The van der Waals surface area contributed by atoms with Crippen molar-refractivity contribution < 1.29 is 9.84 Å². The highest BCUT2D eigenvalue weighted by molar-refractivity contribution is 4.90. The number of aliphatic hydroxyl groups excluding tert-OH is 1. The number of nitrogens with one attached hydrogen (secondary N) is 1. The molecule has 0 radical (unpaired) electrons. The minimum Gasteiger partial charge on any atom is -0.389 e. The van der Waals surface area contributed by atoms with Crippen LogP contribution in [0, 0.1) is 0 Å². The van der Waals surface area contributed by atoms with Crippen LogP contribution in [0.2, 0.25) is 0 Å². The molecule has 84 valence electrons. The zero-order valence-corrected chi connectivity index (χ0v) is 9.38. The van der Waals surface area contributed by atoms with Crippen LogP contribution in [-0.4, -0.2) is 37.5 Å². The summed E-state index contributed by atoms with van der Waals surface area (Å²) in [6, 6.07) is 0. The molecule has 2 N–H and O–H groups in total. The average Bonchev–Trinajstić information content (AvgIpc) is 2.12. The van der Waals surface area contributed by atoms with E-state index in [1.54, 1.807) is 0 Å². The van der Waals surface area contributed by atoms with Crippen LogP contribution < -0.4 is 5.32 Å². The summed E-state index contributed by atoms with van der Waals surface area (Å²) in [4.78, 5) is 0. The van der Waals surface area contributed by atoms with Gasteiger partial charge in [-0.1, -0.05) is 25.5 Å². The lowest BCUT2D eigenvalue weighted by Gasteiger charge is -2.12. The Balaban J connectivity index is 3.19. The van der Waals surface area contributed by atoms with Gasteiger partial charge in [-0.05, 0) is 13.3 Å². The van der Waals surface area contributed by atoms with Crippen molar-refractivity contribution in [3.8, 4) is 0 Å². The fraction of sp³-hybridized carbons (Fsp3) is 0.818. The monoisotopic (exact) mass is 201 g/mol. The molecule has 0 aliphatic rings. The number of hydrogen-bond acceptors (Lipinski definition) is 3. The fourth-order valence-corrected chi connectivity index (χ4v) is 0.977. The maximum Gasteiger partial charge on any atom is 0.0897 e. The van der Waals surface area contributed by atoms with Crippen LogP contribution in [0.25, 0.3) is 0 Å². The summed E-state index contributed by atoms with van der Waals surface area (Å²) in [5.41, 5.74) is 1.07. The quantitative estimate of drug-likeness (QED) is 0.437. The van der Waals surface area contributed by atoms with E-state index in [4.69, 9.17) is 4.74 Å². The number of rotatable bonds is 9. The highest BCUT2D eigenvalue weighted by atomic mass is 16.5. The van der Waals surface area contributed by atoms with Crippen molar-refractivity contribution in [1.29, 1.82) is 0 Å². The van der Waals surface area contributed by atoms with E-state index in [1.165, 1.54) is 0 Å². The molecule has 14 heavy (non-hydrogen) atoms. The minimum atomic E-state index is -0.411. The molecule has 0 aromatic heterocycles. The SMILES string of the molecule is C=C(C)CNCC(O)COCCCC. The number of ether oxygens (including phenoxy) is 1. The van der Waals surface area contributed by atoms with E-state index < -0.39 is 6.10 Å². The molecule has 0 aromatic rings. The van der Waals surface area contributed by atoms with E-state index in [9.17, 15) is 5.11 Å². The Hall–Kier alpha value is -0.380. The fourth-order valence-electron chi connectivity index (χ4n) is 0.977. The van der Waals surface area contributed by atoms with E-state index in [-0.39, 0.29) is 0 Å². The average molecular weight is 201 g/mol. The predicted molar refractivity (Wildman–Crippen MR) is 59.4 cm³/mol. The topological polar surface area (TPSA) is 41.5 Å². The summed E-state index contributed by atoms with van der Waals surface area (Å²) in [5.74, 6) is 0. The Bertz CT molecular complexity index is 148. The smallest absolute Gasteiger partial charge is 0.0897 e. The molecule has 0 fully saturated rings. The maximum atomic E-state index is 9.44. The van der Waals surface area contributed by atoms with Crippen LogP contribution in [0.15, 0.2) is 12.2 Å². The van der Waals surface area contributed by atoms with E-state index in [0.717, 1.165) is 31.6 Å². The summed E-state index contributed by atoms with van der Waals surface area (Å²) >= 11 is 0. The van der Waals surface area contributed by atoms with Crippen LogP contribution in [0.4, 0.5) is 0 Å². The first kappa shape index (κ1) is 13.6. The predicted octanol–water partition coefficient (Wildman–Crippen LogP) is 1.33. The summed E-state index contributed by atoms with van der Waals surface area (Å²) in [6.07, 6.45) is 1.78. The molecular weight excluding hydrogens is 178 g/mol. The Labute approximate surface area is 87.2 Å². The molecule has 0 saturated carbocycles. The second kappa shape index (κ2) is 9.19. The van der Waals surface area contributed by atoms with Crippen molar-refractivity contribution in [2.24, 2.45) is 0 Å². The second-order valence-electron chi connectivity index (χ2n) is 3.67.